The van der Waals surface area contributed by atoms with Crippen LogP contribution in [-0.2, 0) is 0 Å². The molecule has 2 aromatic rings. The van der Waals surface area contributed by atoms with Crippen LogP contribution in [0.2, 0.25) is 0 Å². The van der Waals surface area contributed by atoms with Gasteiger partial charge >= 0.3 is 0 Å². The Kier molecular flexibility index (Phi) is 4.30. The SMILES string of the molecule is CC(C(=O)c1ccc(Br)cc1Br)c1ccncc1. The Balaban J connectivity index is 2.32. The van der Waals surface area contributed by atoms with Gasteiger partial charge in [0.2, 0.25) is 0 Å². The standard InChI is InChI=1S/C14H11Br2NO/c1-9(10-4-6-17-7-5-10)14(18)12-3-2-11(15)8-13(12)16/h2-9H,1H3. The van der Waals surface area contributed by atoms with Crippen LogP contribution in [0.25, 0.3) is 0 Å². The minimum absolute atomic E-state index is 0.0978. The Morgan fingerprint density at radius 1 is 1.17 bits per heavy atom. The predicted octanol–water partition coefficient (Wildman–Crippen LogP) is 4.59. The number of hydrogen-bond donors (Lipinski definition) is 0. The molecule has 18 heavy (non-hydrogen) atoms. The van der Waals surface area contributed by atoms with E-state index in [2.05, 4.69) is 36.8 Å². The molecule has 0 aliphatic rings. The summed E-state index contributed by atoms with van der Waals surface area (Å²) < 4.78 is 1.75. The highest BCUT2D eigenvalue weighted by Gasteiger charge is 2.19. The fourth-order valence-corrected chi connectivity index (χ4v) is 2.97. The van der Waals surface area contributed by atoms with Gasteiger partial charge < -0.3 is 0 Å². The fourth-order valence-electron chi connectivity index (χ4n) is 1.73. The van der Waals surface area contributed by atoms with E-state index in [1.54, 1.807) is 12.4 Å². The zero-order chi connectivity index (χ0) is 13.1. The molecule has 0 N–H and O–H groups in total. The summed E-state index contributed by atoms with van der Waals surface area (Å²) in [5, 5.41) is 0. The number of hydrogen-bond acceptors (Lipinski definition) is 2. The molecular weight excluding hydrogens is 358 g/mol. The van der Waals surface area contributed by atoms with E-state index in [0.717, 1.165) is 14.5 Å². The van der Waals surface area contributed by atoms with Gasteiger partial charge in [-0.2, -0.15) is 0 Å². The quantitative estimate of drug-likeness (QED) is 0.741. The second-order valence-electron chi connectivity index (χ2n) is 3.99. The Hall–Kier alpha value is -1.00. The number of aromatic nitrogens is 1. The Morgan fingerprint density at radius 2 is 1.83 bits per heavy atom. The average molecular weight is 369 g/mol. The number of ketones is 1. The molecule has 2 rings (SSSR count). The minimum Gasteiger partial charge on any atom is -0.293 e. The highest BCUT2D eigenvalue weighted by Crippen LogP contribution is 2.27. The van der Waals surface area contributed by atoms with Crippen molar-refractivity contribution in [3.05, 3.63) is 62.8 Å². The number of carbonyl (C=O) groups excluding carboxylic acids is 1. The highest BCUT2D eigenvalue weighted by atomic mass is 79.9. The summed E-state index contributed by atoms with van der Waals surface area (Å²) in [7, 11) is 0. The summed E-state index contributed by atoms with van der Waals surface area (Å²) in [6, 6.07) is 9.32. The van der Waals surface area contributed by atoms with E-state index < -0.39 is 0 Å². The first-order chi connectivity index (χ1) is 8.59. The van der Waals surface area contributed by atoms with Crippen LogP contribution < -0.4 is 0 Å². The molecule has 0 aliphatic carbocycles. The number of Topliss-reactive ketones (excluding diaryl/α,β-unsaturated/α-hetero) is 1. The molecule has 0 radical (unpaired) electrons. The van der Waals surface area contributed by atoms with Gasteiger partial charge in [-0.1, -0.05) is 38.8 Å². The molecule has 0 fully saturated rings. The molecule has 2 nitrogen and oxygen atoms in total. The Labute approximate surface area is 123 Å². The molecule has 1 unspecified atom stereocenters. The molecule has 0 amide bonds. The first-order valence-corrected chi connectivity index (χ1v) is 7.07. The van der Waals surface area contributed by atoms with E-state index >= 15 is 0 Å². The lowest BCUT2D eigenvalue weighted by Gasteiger charge is -2.12. The van der Waals surface area contributed by atoms with Gasteiger partial charge in [0.05, 0.1) is 0 Å². The third-order valence-electron chi connectivity index (χ3n) is 2.80. The number of carbonyl (C=O) groups is 1. The molecule has 0 saturated heterocycles. The fraction of sp³-hybridized carbons (Fsp3) is 0.143. The van der Waals surface area contributed by atoms with Crippen molar-refractivity contribution in [1.29, 1.82) is 0 Å². The summed E-state index contributed by atoms with van der Waals surface area (Å²) in [6.07, 6.45) is 3.41. The van der Waals surface area contributed by atoms with Gasteiger partial charge in [0.1, 0.15) is 0 Å². The van der Waals surface area contributed by atoms with Crippen LogP contribution in [0.3, 0.4) is 0 Å². The van der Waals surface area contributed by atoms with Crippen LogP contribution in [0.15, 0.2) is 51.7 Å². The maximum absolute atomic E-state index is 12.4. The smallest absolute Gasteiger partial charge is 0.171 e. The van der Waals surface area contributed by atoms with E-state index in [1.165, 1.54) is 0 Å². The summed E-state index contributed by atoms with van der Waals surface area (Å²) in [5.41, 5.74) is 1.67. The lowest BCUT2D eigenvalue weighted by atomic mass is 9.93. The van der Waals surface area contributed by atoms with Crippen LogP contribution >= 0.6 is 31.9 Å². The highest BCUT2D eigenvalue weighted by molar-refractivity contribution is 9.11. The lowest BCUT2D eigenvalue weighted by Crippen LogP contribution is -2.10. The monoisotopic (exact) mass is 367 g/mol. The molecule has 0 aliphatic heterocycles. The zero-order valence-electron chi connectivity index (χ0n) is 9.73. The second-order valence-corrected chi connectivity index (χ2v) is 5.76. The maximum Gasteiger partial charge on any atom is 0.171 e. The van der Waals surface area contributed by atoms with Crippen molar-refractivity contribution in [1.82, 2.24) is 4.98 Å². The van der Waals surface area contributed by atoms with Gasteiger partial charge in [-0.05, 0) is 35.9 Å². The van der Waals surface area contributed by atoms with Gasteiger partial charge in [-0.25, -0.2) is 0 Å². The molecule has 4 heteroatoms. The van der Waals surface area contributed by atoms with Gasteiger partial charge in [0.15, 0.2) is 5.78 Å². The van der Waals surface area contributed by atoms with Crippen LogP contribution in [0.1, 0.15) is 28.8 Å². The van der Waals surface area contributed by atoms with E-state index in [1.807, 2.05) is 37.3 Å². The molecule has 1 atom stereocenters. The molecule has 1 aromatic carbocycles. The lowest BCUT2D eigenvalue weighted by molar-refractivity contribution is 0.0965. The number of pyridine rings is 1. The van der Waals surface area contributed by atoms with Crippen LogP contribution in [0.4, 0.5) is 0 Å². The molecule has 1 heterocycles. The van der Waals surface area contributed by atoms with Gasteiger partial charge in [0.25, 0.3) is 0 Å². The molecule has 1 aromatic heterocycles. The van der Waals surface area contributed by atoms with Crippen molar-refractivity contribution >= 4 is 37.6 Å². The molecule has 0 bridgehead atoms. The third-order valence-corrected chi connectivity index (χ3v) is 3.95. The van der Waals surface area contributed by atoms with Crippen molar-refractivity contribution in [3.63, 3.8) is 0 Å². The van der Waals surface area contributed by atoms with Gasteiger partial charge in [-0.3, -0.25) is 9.78 Å². The van der Waals surface area contributed by atoms with E-state index in [-0.39, 0.29) is 11.7 Å². The number of nitrogens with zero attached hydrogens (tertiary/aromatic N) is 1. The molecule has 0 saturated carbocycles. The largest absolute Gasteiger partial charge is 0.293 e. The van der Waals surface area contributed by atoms with Crippen LogP contribution in [0.5, 0.6) is 0 Å². The molecule has 92 valence electrons. The normalized spacial score (nSPS) is 12.2. The first kappa shape index (κ1) is 13.4. The summed E-state index contributed by atoms with van der Waals surface area (Å²) in [5.74, 6) is -0.0777. The molecular formula is C14H11Br2NO. The zero-order valence-corrected chi connectivity index (χ0v) is 12.9. The molecule has 0 spiro atoms. The van der Waals surface area contributed by atoms with Crippen molar-refractivity contribution in [2.75, 3.05) is 0 Å². The van der Waals surface area contributed by atoms with Crippen molar-refractivity contribution in [2.45, 2.75) is 12.8 Å². The maximum atomic E-state index is 12.4. The van der Waals surface area contributed by atoms with Crippen molar-refractivity contribution < 1.29 is 4.79 Å². The summed E-state index contributed by atoms with van der Waals surface area (Å²) in [6.45, 7) is 1.91. The minimum atomic E-state index is -0.175. The third kappa shape index (κ3) is 2.87. The van der Waals surface area contributed by atoms with E-state index in [9.17, 15) is 4.79 Å². The van der Waals surface area contributed by atoms with Crippen molar-refractivity contribution in [2.24, 2.45) is 0 Å². The average Bonchev–Trinajstić information content (AvgIpc) is 2.38. The van der Waals surface area contributed by atoms with Gasteiger partial charge in [-0.15, -0.1) is 0 Å². The summed E-state index contributed by atoms with van der Waals surface area (Å²) in [4.78, 5) is 16.4. The Bertz CT molecular complexity index is 569. The topological polar surface area (TPSA) is 30.0 Å². The number of halogens is 2. The van der Waals surface area contributed by atoms with Crippen LogP contribution in [0, 0.1) is 0 Å². The van der Waals surface area contributed by atoms with E-state index in [4.69, 9.17) is 0 Å². The summed E-state index contributed by atoms with van der Waals surface area (Å²) >= 11 is 6.80. The van der Waals surface area contributed by atoms with E-state index in [0.29, 0.717) is 5.56 Å². The number of rotatable bonds is 3. The van der Waals surface area contributed by atoms with Gasteiger partial charge in [0, 0.05) is 32.8 Å². The van der Waals surface area contributed by atoms with Crippen LogP contribution in [-0.4, -0.2) is 10.8 Å². The predicted molar refractivity (Wildman–Crippen MR) is 78.8 cm³/mol. The van der Waals surface area contributed by atoms with Crippen molar-refractivity contribution in [3.8, 4) is 0 Å². The second kappa shape index (κ2) is 5.76. The Morgan fingerprint density at radius 3 is 2.44 bits per heavy atom. The number of benzene rings is 1. The first-order valence-electron chi connectivity index (χ1n) is 5.49.